The van der Waals surface area contributed by atoms with Crippen LogP contribution in [0.2, 0.25) is 0 Å². The minimum absolute atomic E-state index is 0.104. The van der Waals surface area contributed by atoms with E-state index in [2.05, 4.69) is 0 Å². The molecule has 0 N–H and O–H groups in total. The minimum Gasteiger partial charge on any atom is -0.489 e. The van der Waals surface area contributed by atoms with E-state index in [-0.39, 0.29) is 11.5 Å². The average Bonchev–Trinajstić information content (AvgIpc) is 2.78. The fourth-order valence-corrected chi connectivity index (χ4v) is 4.34. The third-order valence-corrected chi connectivity index (χ3v) is 6.35. The molecule has 0 atom stereocenters. The van der Waals surface area contributed by atoms with Crippen LogP contribution in [-0.4, -0.2) is 27.5 Å². The standard InChI is InChI=1S/C24H25NO5S/c1-3-29-24(26)17-25(31(27,28)23-15-9-19(2)10-16-23)21-11-13-22(14-12-21)30-18-20-7-5-4-6-8-20/h4-16H,3,17-18H2,1-2H3. The quantitative estimate of drug-likeness (QED) is 0.464. The number of ether oxygens (including phenoxy) is 2. The van der Waals surface area contributed by atoms with Gasteiger partial charge in [0.15, 0.2) is 0 Å². The summed E-state index contributed by atoms with van der Waals surface area (Å²) in [6, 6.07) is 22.8. The number of aryl methyl sites for hydroxylation is 1. The van der Waals surface area contributed by atoms with Crippen LogP contribution in [0.3, 0.4) is 0 Å². The van der Waals surface area contributed by atoms with Gasteiger partial charge in [0.2, 0.25) is 0 Å². The van der Waals surface area contributed by atoms with Gasteiger partial charge in [0.1, 0.15) is 18.9 Å². The third kappa shape index (κ3) is 5.86. The fourth-order valence-electron chi connectivity index (χ4n) is 2.93. The summed E-state index contributed by atoms with van der Waals surface area (Å²) in [6.45, 7) is 3.70. The third-order valence-electron chi connectivity index (χ3n) is 4.56. The Morgan fingerprint density at radius 1 is 0.903 bits per heavy atom. The summed E-state index contributed by atoms with van der Waals surface area (Å²) in [5.41, 5.74) is 2.31. The van der Waals surface area contributed by atoms with Gasteiger partial charge in [0, 0.05) is 0 Å². The predicted molar refractivity (Wildman–Crippen MR) is 120 cm³/mol. The molecule has 6 nitrogen and oxygen atoms in total. The highest BCUT2D eigenvalue weighted by molar-refractivity contribution is 7.92. The number of rotatable bonds is 9. The summed E-state index contributed by atoms with van der Waals surface area (Å²) in [6.07, 6.45) is 0. The van der Waals surface area contributed by atoms with Crippen molar-refractivity contribution in [1.82, 2.24) is 0 Å². The molecule has 0 saturated heterocycles. The van der Waals surface area contributed by atoms with E-state index in [0.29, 0.717) is 18.0 Å². The number of carbonyl (C=O) groups excluding carboxylic acids is 1. The fraction of sp³-hybridized carbons (Fsp3) is 0.208. The first kappa shape index (κ1) is 22.4. The van der Waals surface area contributed by atoms with E-state index >= 15 is 0 Å². The van der Waals surface area contributed by atoms with Crippen LogP contribution >= 0.6 is 0 Å². The Morgan fingerprint density at radius 3 is 2.16 bits per heavy atom. The molecule has 3 aromatic carbocycles. The highest BCUT2D eigenvalue weighted by Gasteiger charge is 2.27. The Morgan fingerprint density at radius 2 is 1.55 bits per heavy atom. The van der Waals surface area contributed by atoms with Crippen molar-refractivity contribution in [1.29, 1.82) is 0 Å². The van der Waals surface area contributed by atoms with Crippen LogP contribution in [0, 0.1) is 6.92 Å². The van der Waals surface area contributed by atoms with Crippen molar-refractivity contribution in [2.75, 3.05) is 17.5 Å². The Balaban J connectivity index is 1.84. The summed E-state index contributed by atoms with van der Waals surface area (Å²) >= 11 is 0. The molecular weight excluding hydrogens is 414 g/mol. The molecule has 0 saturated carbocycles. The molecule has 0 fully saturated rings. The highest BCUT2D eigenvalue weighted by atomic mass is 32.2. The van der Waals surface area contributed by atoms with Gasteiger partial charge in [-0.1, -0.05) is 48.0 Å². The van der Waals surface area contributed by atoms with E-state index in [1.54, 1.807) is 43.3 Å². The summed E-state index contributed by atoms with van der Waals surface area (Å²) in [4.78, 5) is 12.2. The van der Waals surface area contributed by atoms with Gasteiger partial charge in [0.05, 0.1) is 17.2 Å². The number of esters is 1. The Hall–Kier alpha value is -3.32. The molecule has 3 rings (SSSR count). The lowest BCUT2D eigenvalue weighted by molar-refractivity contribution is -0.141. The second kappa shape index (κ2) is 10.1. The molecule has 0 amide bonds. The van der Waals surface area contributed by atoms with Crippen LogP contribution in [0.25, 0.3) is 0 Å². The van der Waals surface area contributed by atoms with E-state index in [0.717, 1.165) is 15.4 Å². The lowest BCUT2D eigenvalue weighted by Gasteiger charge is -2.24. The molecular formula is C24H25NO5S. The molecule has 0 aliphatic carbocycles. The molecule has 0 aliphatic rings. The van der Waals surface area contributed by atoms with Crippen LogP contribution in [-0.2, 0) is 26.2 Å². The summed E-state index contributed by atoms with van der Waals surface area (Å²) in [5.74, 6) is -0.0287. The zero-order valence-corrected chi connectivity index (χ0v) is 18.3. The van der Waals surface area contributed by atoms with Crippen LogP contribution in [0.1, 0.15) is 18.1 Å². The van der Waals surface area contributed by atoms with Gasteiger partial charge in [-0.25, -0.2) is 8.42 Å². The van der Waals surface area contributed by atoms with Crippen molar-refractivity contribution in [2.24, 2.45) is 0 Å². The number of hydrogen-bond acceptors (Lipinski definition) is 5. The summed E-state index contributed by atoms with van der Waals surface area (Å²) in [7, 11) is -3.96. The van der Waals surface area contributed by atoms with Gasteiger partial charge in [-0.05, 0) is 55.8 Å². The van der Waals surface area contributed by atoms with Crippen molar-refractivity contribution in [3.05, 3.63) is 90.0 Å². The SMILES string of the molecule is CCOC(=O)CN(c1ccc(OCc2ccccc2)cc1)S(=O)(=O)c1ccc(C)cc1. The molecule has 0 spiro atoms. The second-order valence-electron chi connectivity index (χ2n) is 6.90. The van der Waals surface area contributed by atoms with Crippen molar-refractivity contribution < 1.29 is 22.7 Å². The van der Waals surface area contributed by atoms with E-state index in [4.69, 9.17) is 9.47 Å². The molecule has 0 aromatic heterocycles. The number of nitrogens with zero attached hydrogens (tertiary/aromatic N) is 1. The molecule has 162 valence electrons. The van der Waals surface area contributed by atoms with E-state index < -0.39 is 22.5 Å². The van der Waals surface area contributed by atoms with E-state index in [9.17, 15) is 13.2 Å². The van der Waals surface area contributed by atoms with Crippen molar-refractivity contribution in [3.8, 4) is 5.75 Å². The van der Waals surface area contributed by atoms with Crippen LogP contribution in [0.4, 0.5) is 5.69 Å². The lowest BCUT2D eigenvalue weighted by Crippen LogP contribution is -2.36. The smallest absolute Gasteiger partial charge is 0.326 e. The van der Waals surface area contributed by atoms with E-state index in [1.807, 2.05) is 37.3 Å². The molecule has 0 heterocycles. The normalized spacial score (nSPS) is 11.0. The first-order valence-corrected chi connectivity index (χ1v) is 11.4. The summed E-state index contributed by atoms with van der Waals surface area (Å²) < 4.78 is 38.3. The molecule has 7 heteroatoms. The number of sulfonamides is 1. The molecule has 31 heavy (non-hydrogen) atoms. The molecule has 0 bridgehead atoms. The maximum absolute atomic E-state index is 13.3. The number of hydrogen-bond donors (Lipinski definition) is 0. The van der Waals surface area contributed by atoms with Gasteiger partial charge < -0.3 is 9.47 Å². The van der Waals surface area contributed by atoms with Crippen LogP contribution in [0.15, 0.2) is 83.8 Å². The monoisotopic (exact) mass is 439 g/mol. The maximum Gasteiger partial charge on any atom is 0.326 e. The minimum atomic E-state index is -3.96. The average molecular weight is 440 g/mol. The first-order chi connectivity index (χ1) is 14.9. The highest BCUT2D eigenvalue weighted by Crippen LogP contribution is 2.26. The van der Waals surface area contributed by atoms with Crippen molar-refractivity contribution in [2.45, 2.75) is 25.3 Å². The summed E-state index contributed by atoms with van der Waals surface area (Å²) in [5, 5.41) is 0. The topological polar surface area (TPSA) is 72.9 Å². The van der Waals surface area contributed by atoms with Gasteiger partial charge in [-0.15, -0.1) is 0 Å². The molecule has 3 aromatic rings. The van der Waals surface area contributed by atoms with Crippen LogP contribution in [0.5, 0.6) is 5.75 Å². The second-order valence-corrected chi connectivity index (χ2v) is 8.76. The van der Waals surface area contributed by atoms with Gasteiger partial charge in [-0.3, -0.25) is 9.10 Å². The number of carbonyl (C=O) groups is 1. The van der Waals surface area contributed by atoms with E-state index in [1.165, 1.54) is 12.1 Å². The molecule has 0 radical (unpaired) electrons. The largest absolute Gasteiger partial charge is 0.489 e. The Kier molecular flexibility index (Phi) is 7.31. The molecule has 0 aliphatic heterocycles. The predicted octanol–water partition coefficient (Wildman–Crippen LogP) is 4.33. The zero-order valence-electron chi connectivity index (χ0n) is 17.5. The maximum atomic E-state index is 13.3. The van der Waals surface area contributed by atoms with Crippen LogP contribution < -0.4 is 9.04 Å². The number of anilines is 1. The Bertz CT molecular complexity index is 1090. The zero-order chi connectivity index (χ0) is 22.3. The molecule has 0 unspecified atom stereocenters. The first-order valence-electron chi connectivity index (χ1n) is 9.92. The van der Waals surface area contributed by atoms with Gasteiger partial charge >= 0.3 is 5.97 Å². The van der Waals surface area contributed by atoms with Crippen molar-refractivity contribution >= 4 is 21.7 Å². The van der Waals surface area contributed by atoms with Gasteiger partial charge in [-0.2, -0.15) is 0 Å². The lowest BCUT2D eigenvalue weighted by atomic mass is 10.2. The van der Waals surface area contributed by atoms with Crippen molar-refractivity contribution in [3.63, 3.8) is 0 Å². The Labute approximate surface area is 183 Å². The number of benzene rings is 3. The van der Waals surface area contributed by atoms with Gasteiger partial charge in [0.25, 0.3) is 10.0 Å².